The van der Waals surface area contributed by atoms with Gasteiger partial charge in [-0.1, -0.05) is 18.2 Å². The Labute approximate surface area is 160 Å². The molecule has 1 aliphatic heterocycles. The minimum atomic E-state index is -0.606. The summed E-state index contributed by atoms with van der Waals surface area (Å²) < 4.78 is 4.62. The fraction of sp³-hybridized carbons (Fsp3) is 0.167. The third kappa shape index (κ3) is 4.32. The quantitative estimate of drug-likeness (QED) is 0.492. The minimum absolute atomic E-state index is 0.215. The van der Waals surface area contributed by atoms with E-state index in [4.69, 9.17) is 0 Å². The first kappa shape index (κ1) is 18.6. The van der Waals surface area contributed by atoms with Crippen molar-refractivity contribution in [1.29, 1.82) is 0 Å². The molecule has 138 valence electrons. The highest BCUT2D eigenvalue weighted by molar-refractivity contribution is 8.19. The number of ether oxygens (including phenoxy) is 1. The molecular weight excluding hydrogens is 366 g/mol. The summed E-state index contributed by atoms with van der Waals surface area (Å²) in [5.74, 6) is -0.643. The normalized spacial score (nSPS) is 16.9. The van der Waals surface area contributed by atoms with Crippen LogP contribution >= 0.6 is 11.8 Å². The van der Waals surface area contributed by atoms with Gasteiger partial charge in [-0.3, -0.25) is 9.69 Å². The van der Waals surface area contributed by atoms with E-state index in [9.17, 15) is 9.59 Å². The van der Waals surface area contributed by atoms with Crippen LogP contribution in [0.5, 0.6) is 0 Å². The Kier molecular flexibility index (Phi) is 5.51. The molecule has 0 atom stereocenters. The first-order valence-electron chi connectivity index (χ1n) is 8.01. The zero-order valence-corrected chi connectivity index (χ0v) is 15.8. The van der Waals surface area contributed by atoms with Gasteiger partial charge in [0.25, 0.3) is 5.91 Å². The highest BCUT2D eigenvalue weighted by atomic mass is 32.2. The lowest BCUT2D eigenvalue weighted by atomic mass is 10.3. The molecule has 3 rings (SSSR count). The highest BCUT2D eigenvalue weighted by Gasteiger charge is 2.35. The van der Waals surface area contributed by atoms with Gasteiger partial charge in [-0.15, -0.1) is 5.10 Å². The maximum absolute atomic E-state index is 12.8. The van der Waals surface area contributed by atoms with Crippen LogP contribution in [-0.2, 0) is 14.3 Å². The molecule has 8 nitrogen and oxygen atoms in total. The molecule has 1 aliphatic rings. The summed E-state index contributed by atoms with van der Waals surface area (Å²) in [6, 6.07) is 10.9. The van der Waals surface area contributed by atoms with Crippen LogP contribution in [0.25, 0.3) is 0 Å². The molecule has 1 aromatic heterocycles. The predicted octanol–water partition coefficient (Wildman–Crippen LogP) is 2.61. The molecule has 0 saturated carbocycles. The number of hydrogen-bond acceptors (Lipinski definition) is 8. The number of rotatable bonds is 4. The van der Waals surface area contributed by atoms with Crippen LogP contribution in [0.4, 0.5) is 11.6 Å². The third-order valence-electron chi connectivity index (χ3n) is 3.50. The van der Waals surface area contributed by atoms with Gasteiger partial charge >= 0.3 is 5.97 Å². The van der Waals surface area contributed by atoms with Gasteiger partial charge in [-0.25, -0.2) is 20.2 Å². The molecule has 27 heavy (non-hydrogen) atoms. The molecule has 0 aliphatic carbocycles. The van der Waals surface area contributed by atoms with E-state index >= 15 is 0 Å². The topological polar surface area (TPSA) is 96.8 Å². The smallest absolute Gasteiger partial charge is 0.331 e. The van der Waals surface area contributed by atoms with E-state index in [-0.39, 0.29) is 10.8 Å². The standard InChI is InChI=1S/C18H17N5O3S/c1-11-9-12(2)20-17(19-11)21-22-18-23(13-7-5-4-6-8-13)16(25)14(27-18)10-15(24)26-3/h4-10H,1-3H3,(H,19,20,21)/b14-10-,22-18+. The second kappa shape index (κ2) is 8.00. The van der Waals surface area contributed by atoms with E-state index in [2.05, 4.69) is 25.2 Å². The highest BCUT2D eigenvalue weighted by Crippen LogP contribution is 2.34. The predicted molar refractivity (Wildman–Crippen MR) is 104 cm³/mol. The zero-order valence-electron chi connectivity index (χ0n) is 15.0. The van der Waals surface area contributed by atoms with Crippen molar-refractivity contribution in [3.05, 3.63) is 58.8 Å². The van der Waals surface area contributed by atoms with Crippen molar-refractivity contribution in [2.24, 2.45) is 5.10 Å². The number of nitrogens with zero attached hydrogens (tertiary/aromatic N) is 4. The van der Waals surface area contributed by atoms with Crippen molar-refractivity contribution in [2.75, 3.05) is 17.4 Å². The van der Waals surface area contributed by atoms with Crippen molar-refractivity contribution >= 4 is 40.4 Å². The number of hydrogen-bond donors (Lipinski definition) is 1. The van der Waals surface area contributed by atoms with Crippen molar-refractivity contribution in [3.8, 4) is 0 Å². The number of amidine groups is 1. The Morgan fingerprint density at radius 3 is 2.52 bits per heavy atom. The summed E-state index contributed by atoms with van der Waals surface area (Å²) in [6.07, 6.45) is 1.15. The summed E-state index contributed by atoms with van der Waals surface area (Å²) in [5.41, 5.74) is 5.01. The first-order valence-corrected chi connectivity index (χ1v) is 8.82. The van der Waals surface area contributed by atoms with Gasteiger partial charge in [0.05, 0.1) is 17.7 Å². The van der Waals surface area contributed by atoms with Crippen molar-refractivity contribution < 1.29 is 14.3 Å². The van der Waals surface area contributed by atoms with Crippen LogP contribution in [0.1, 0.15) is 11.4 Å². The molecule has 0 radical (unpaired) electrons. The number of amides is 1. The third-order valence-corrected chi connectivity index (χ3v) is 4.47. The Hall–Kier alpha value is -3.20. The molecule has 1 saturated heterocycles. The Morgan fingerprint density at radius 1 is 1.22 bits per heavy atom. The lowest BCUT2D eigenvalue weighted by Crippen LogP contribution is -2.29. The van der Waals surface area contributed by atoms with Gasteiger partial charge in [0, 0.05) is 17.5 Å². The Morgan fingerprint density at radius 2 is 1.89 bits per heavy atom. The van der Waals surface area contributed by atoms with E-state index < -0.39 is 5.97 Å². The number of methoxy groups -OCH3 is 1. The molecular formula is C18H17N5O3S. The number of carbonyl (C=O) groups excluding carboxylic acids is 2. The molecule has 1 amide bonds. The van der Waals surface area contributed by atoms with E-state index in [0.29, 0.717) is 16.8 Å². The number of benzene rings is 1. The lowest BCUT2D eigenvalue weighted by molar-refractivity contribution is -0.135. The second-order valence-electron chi connectivity index (χ2n) is 5.59. The fourth-order valence-electron chi connectivity index (χ4n) is 2.39. The monoisotopic (exact) mass is 383 g/mol. The number of hydrazone groups is 1. The molecule has 1 aromatic carbocycles. The number of para-hydroxylation sites is 1. The summed E-state index contributed by atoms with van der Waals surface area (Å²) in [7, 11) is 1.26. The molecule has 2 heterocycles. The Bertz CT molecular complexity index is 923. The molecule has 2 aromatic rings. The summed E-state index contributed by atoms with van der Waals surface area (Å²) in [5, 5.41) is 4.64. The molecule has 0 unspecified atom stereocenters. The Balaban J connectivity index is 1.95. The van der Waals surface area contributed by atoms with Crippen LogP contribution in [0.15, 0.2) is 52.5 Å². The number of aryl methyl sites for hydroxylation is 2. The van der Waals surface area contributed by atoms with E-state index in [1.165, 1.54) is 12.0 Å². The van der Waals surface area contributed by atoms with Crippen LogP contribution in [-0.4, -0.2) is 34.1 Å². The van der Waals surface area contributed by atoms with E-state index in [0.717, 1.165) is 29.2 Å². The van der Waals surface area contributed by atoms with Crippen molar-refractivity contribution in [1.82, 2.24) is 9.97 Å². The second-order valence-corrected chi connectivity index (χ2v) is 6.60. The maximum atomic E-state index is 12.8. The van der Waals surface area contributed by atoms with Crippen LogP contribution in [0.3, 0.4) is 0 Å². The first-order chi connectivity index (χ1) is 13.0. The molecule has 0 bridgehead atoms. The number of anilines is 2. The zero-order chi connectivity index (χ0) is 19.4. The number of thioether (sulfide) groups is 1. The SMILES string of the molecule is COC(=O)/C=C1\S/C(=N/Nc2nc(C)cc(C)n2)N(c2ccccc2)C1=O. The van der Waals surface area contributed by atoms with Crippen molar-refractivity contribution in [3.63, 3.8) is 0 Å². The molecule has 9 heteroatoms. The number of esters is 1. The van der Waals surface area contributed by atoms with Gasteiger partial charge in [0.2, 0.25) is 5.95 Å². The van der Waals surface area contributed by atoms with E-state index in [1.54, 1.807) is 12.1 Å². The van der Waals surface area contributed by atoms with Gasteiger partial charge in [-0.2, -0.15) is 0 Å². The lowest BCUT2D eigenvalue weighted by Gasteiger charge is -2.15. The number of nitrogens with one attached hydrogen (secondary N) is 1. The van der Waals surface area contributed by atoms with Gasteiger partial charge in [0.15, 0.2) is 5.17 Å². The maximum Gasteiger partial charge on any atom is 0.331 e. The number of carbonyl (C=O) groups is 2. The van der Waals surface area contributed by atoms with Crippen molar-refractivity contribution in [2.45, 2.75) is 13.8 Å². The molecule has 1 fully saturated rings. The summed E-state index contributed by atoms with van der Waals surface area (Å²) in [4.78, 5) is 34.5. The van der Waals surface area contributed by atoms with Gasteiger partial charge < -0.3 is 4.74 Å². The molecule has 1 N–H and O–H groups in total. The van der Waals surface area contributed by atoms with E-state index in [1.807, 2.05) is 38.1 Å². The van der Waals surface area contributed by atoms with Crippen LogP contribution in [0.2, 0.25) is 0 Å². The average Bonchev–Trinajstić information content (AvgIpc) is 2.95. The number of aromatic nitrogens is 2. The van der Waals surface area contributed by atoms with Gasteiger partial charge in [0.1, 0.15) is 0 Å². The fourth-order valence-corrected chi connectivity index (χ4v) is 3.29. The average molecular weight is 383 g/mol. The summed E-state index contributed by atoms with van der Waals surface area (Å²) >= 11 is 1.06. The minimum Gasteiger partial charge on any atom is -0.466 e. The summed E-state index contributed by atoms with van der Waals surface area (Å²) in [6.45, 7) is 3.71. The molecule has 0 spiro atoms. The van der Waals surface area contributed by atoms with Gasteiger partial charge in [-0.05, 0) is 43.8 Å². The van der Waals surface area contributed by atoms with Crippen LogP contribution < -0.4 is 10.3 Å². The largest absolute Gasteiger partial charge is 0.466 e. The van der Waals surface area contributed by atoms with Crippen LogP contribution in [0, 0.1) is 13.8 Å².